The van der Waals surface area contributed by atoms with E-state index in [1.807, 2.05) is 31.2 Å². The number of sulfonamides is 1. The monoisotopic (exact) mass is 337 g/mol. The highest BCUT2D eigenvalue weighted by Crippen LogP contribution is 2.17. The SMILES string of the molecule is C=C(C)C(=O)OCCNS(=O)(=O)/C(=C/c1ccccc1C)CC. The second kappa shape index (κ2) is 8.64. The molecule has 1 aromatic rings. The van der Waals surface area contributed by atoms with E-state index in [1.54, 1.807) is 13.0 Å². The van der Waals surface area contributed by atoms with Gasteiger partial charge in [0.2, 0.25) is 10.0 Å². The van der Waals surface area contributed by atoms with Gasteiger partial charge in [-0.1, -0.05) is 37.8 Å². The van der Waals surface area contributed by atoms with E-state index in [9.17, 15) is 13.2 Å². The second-order valence-corrected chi connectivity index (χ2v) is 6.95. The van der Waals surface area contributed by atoms with Gasteiger partial charge in [0.1, 0.15) is 6.61 Å². The van der Waals surface area contributed by atoms with E-state index < -0.39 is 16.0 Å². The zero-order chi connectivity index (χ0) is 17.5. The number of aryl methyl sites for hydroxylation is 1. The summed E-state index contributed by atoms with van der Waals surface area (Å²) in [6.07, 6.45) is 2.03. The first-order valence-corrected chi connectivity index (χ1v) is 8.84. The molecule has 0 radical (unpaired) electrons. The summed E-state index contributed by atoms with van der Waals surface area (Å²) in [6, 6.07) is 7.57. The van der Waals surface area contributed by atoms with E-state index in [2.05, 4.69) is 11.3 Å². The maximum absolute atomic E-state index is 12.3. The summed E-state index contributed by atoms with van der Waals surface area (Å²) in [6.45, 7) is 8.69. The molecule has 1 aromatic carbocycles. The van der Waals surface area contributed by atoms with E-state index >= 15 is 0 Å². The smallest absolute Gasteiger partial charge is 0.333 e. The Hall–Kier alpha value is -1.92. The normalized spacial score (nSPS) is 12.0. The van der Waals surface area contributed by atoms with E-state index in [1.165, 1.54) is 6.92 Å². The quantitative estimate of drug-likeness (QED) is 0.450. The van der Waals surface area contributed by atoms with Crippen LogP contribution in [0.4, 0.5) is 0 Å². The van der Waals surface area contributed by atoms with Crippen molar-refractivity contribution in [3.05, 3.63) is 52.4 Å². The Labute approximate surface area is 138 Å². The lowest BCUT2D eigenvalue weighted by Crippen LogP contribution is -2.29. The van der Waals surface area contributed by atoms with Gasteiger partial charge < -0.3 is 4.74 Å². The number of hydrogen-bond donors (Lipinski definition) is 1. The molecule has 0 atom stereocenters. The number of hydrogen-bond acceptors (Lipinski definition) is 4. The fourth-order valence-corrected chi connectivity index (χ4v) is 3.03. The third-order valence-electron chi connectivity index (χ3n) is 3.17. The van der Waals surface area contributed by atoms with Crippen LogP contribution >= 0.6 is 0 Å². The maximum Gasteiger partial charge on any atom is 0.333 e. The number of allylic oxidation sites excluding steroid dienone is 1. The zero-order valence-electron chi connectivity index (χ0n) is 13.8. The molecule has 5 nitrogen and oxygen atoms in total. The van der Waals surface area contributed by atoms with Gasteiger partial charge in [-0.15, -0.1) is 0 Å². The Kier molecular flexibility index (Phi) is 7.19. The van der Waals surface area contributed by atoms with Crippen molar-refractivity contribution in [2.45, 2.75) is 27.2 Å². The lowest BCUT2D eigenvalue weighted by Gasteiger charge is -2.10. The van der Waals surface area contributed by atoms with Gasteiger partial charge >= 0.3 is 5.97 Å². The van der Waals surface area contributed by atoms with E-state index in [0.29, 0.717) is 6.42 Å². The van der Waals surface area contributed by atoms with Gasteiger partial charge in [0.25, 0.3) is 0 Å². The van der Waals surface area contributed by atoms with Crippen LogP contribution in [0.15, 0.2) is 41.3 Å². The van der Waals surface area contributed by atoms with E-state index in [4.69, 9.17) is 4.74 Å². The summed E-state index contributed by atoms with van der Waals surface area (Å²) < 4.78 is 31.9. The lowest BCUT2D eigenvalue weighted by molar-refractivity contribution is -0.138. The molecule has 0 spiro atoms. The van der Waals surface area contributed by atoms with Gasteiger partial charge in [-0.3, -0.25) is 0 Å². The molecule has 126 valence electrons. The number of esters is 1. The molecule has 0 aliphatic carbocycles. The van der Waals surface area contributed by atoms with Crippen LogP contribution in [0.3, 0.4) is 0 Å². The summed E-state index contributed by atoms with van der Waals surface area (Å²) in [4.78, 5) is 11.5. The zero-order valence-corrected chi connectivity index (χ0v) is 14.6. The number of rotatable bonds is 8. The Morgan fingerprint density at radius 3 is 2.57 bits per heavy atom. The molecule has 6 heteroatoms. The first kappa shape index (κ1) is 19.1. The van der Waals surface area contributed by atoms with Crippen LogP contribution < -0.4 is 4.72 Å². The number of benzene rings is 1. The summed E-state index contributed by atoms with van der Waals surface area (Å²) >= 11 is 0. The fourth-order valence-electron chi connectivity index (χ4n) is 1.83. The Morgan fingerprint density at radius 2 is 2.00 bits per heavy atom. The van der Waals surface area contributed by atoms with Crippen LogP contribution in [0, 0.1) is 6.92 Å². The molecule has 1 rings (SSSR count). The molecule has 0 fully saturated rings. The summed E-state index contributed by atoms with van der Waals surface area (Å²) in [5.74, 6) is -0.532. The molecule has 0 saturated heterocycles. The average Bonchev–Trinajstić information content (AvgIpc) is 2.50. The number of nitrogens with one attached hydrogen (secondary N) is 1. The predicted octanol–water partition coefficient (Wildman–Crippen LogP) is 2.78. The lowest BCUT2D eigenvalue weighted by atomic mass is 10.1. The molecule has 0 aliphatic heterocycles. The predicted molar refractivity (Wildman–Crippen MR) is 92.1 cm³/mol. The number of ether oxygens (including phenoxy) is 1. The van der Waals surface area contributed by atoms with E-state index in [-0.39, 0.29) is 23.6 Å². The molecule has 1 N–H and O–H groups in total. The fraction of sp³-hybridized carbons (Fsp3) is 0.353. The maximum atomic E-state index is 12.3. The van der Waals surface area contributed by atoms with Crippen molar-refractivity contribution < 1.29 is 17.9 Å². The first-order valence-electron chi connectivity index (χ1n) is 7.36. The minimum atomic E-state index is -3.61. The standard InChI is InChI=1S/C17H23NO4S/c1-5-16(12-15-9-7-6-8-14(15)4)23(20,21)18-10-11-22-17(19)13(2)3/h6-9,12,18H,2,5,10-11H2,1,3-4H3/b16-12+. The molecular formula is C17H23NO4S. The minimum absolute atomic E-state index is 0.0203. The van der Waals surface area contributed by atoms with Crippen molar-refractivity contribution in [3.8, 4) is 0 Å². The Balaban J connectivity index is 2.75. The van der Waals surface area contributed by atoms with Crippen molar-refractivity contribution in [3.63, 3.8) is 0 Å². The molecule has 0 aromatic heterocycles. The van der Waals surface area contributed by atoms with Crippen LogP contribution in [0.5, 0.6) is 0 Å². The first-order chi connectivity index (χ1) is 10.8. The van der Waals surface area contributed by atoms with Gasteiger partial charge in [-0.05, 0) is 37.5 Å². The summed E-state index contributed by atoms with van der Waals surface area (Å²) in [7, 11) is -3.61. The second-order valence-electron chi connectivity index (χ2n) is 5.13. The van der Waals surface area contributed by atoms with Crippen molar-refractivity contribution in [2.24, 2.45) is 0 Å². The van der Waals surface area contributed by atoms with Crippen molar-refractivity contribution in [1.29, 1.82) is 0 Å². The van der Waals surface area contributed by atoms with Crippen LogP contribution in [0.25, 0.3) is 6.08 Å². The highest BCUT2D eigenvalue weighted by molar-refractivity contribution is 7.93. The van der Waals surface area contributed by atoms with Gasteiger partial charge in [0, 0.05) is 12.1 Å². The molecule has 0 aliphatic rings. The van der Waals surface area contributed by atoms with Crippen LogP contribution in [-0.2, 0) is 19.6 Å². The third-order valence-corrected chi connectivity index (χ3v) is 4.86. The van der Waals surface area contributed by atoms with Crippen LogP contribution in [0.1, 0.15) is 31.4 Å². The molecule has 0 amide bonds. The van der Waals surface area contributed by atoms with Gasteiger partial charge in [-0.25, -0.2) is 17.9 Å². The van der Waals surface area contributed by atoms with Gasteiger partial charge in [-0.2, -0.15) is 0 Å². The average molecular weight is 337 g/mol. The van der Waals surface area contributed by atoms with Gasteiger partial charge in [0.15, 0.2) is 0 Å². The molecule has 0 heterocycles. The highest BCUT2D eigenvalue weighted by Gasteiger charge is 2.16. The molecule has 0 saturated carbocycles. The van der Waals surface area contributed by atoms with Gasteiger partial charge in [0.05, 0.1) is 4.91 Å². The van der Waals surface area contributed by atoms with Crippen LogP contribution in [0.2, 0.25) is 0 Å². The van der Waals surface area contributed by atoms with E-state index in [0.717, 1.165) is 11.1 Å². The largest absolute Gasteiger partial charge is 0.461 e. The minimum Gasteiger partial charge on any atom is -0.461 e. The van der Waals surface area contributed by atoms with Crippen molar-refractivity contribution in [1.82, 2.24) is 4.72 Å². The summed E-state index contributed by atoms with van der Waals surface area (Å²) in [5, 5.41) is 0. The van der Waals surface area contributed by atoms with Crippen molar-refractivity contribution >= 4 is 22.1 Å². The molecule has 0 bridgehead atoms. The Morgan fingerprint density at radius 1 is 1.35 bits per heavy atom. The summed E-state index contributed by atoms with van der Waals surface area (Å²) in [5.41, 5.74) is 2.15. The number of carbonyl (C=O) groups is 1. The Bertz CT molecular complexity index is 705. The topological polar surface area (TPSA) is 72.5 Å². The highest BCUT2D eigenvalue weighted by atomic mass is 32.2. The number of carbonyl (C=O) groups excluding carboxylic acids is 1. The molecule has 0 unspecified atom stereocenters. The molecule has 23 heavy (non-hydrogen) atoms. The third kappa shape index (κ3) is 6.00. The van der Waals surface area contributed by atoms with Crippen LogP contribution in [-0.4, -0.2) is 27.5 Å². The molecular weight excluding hydrogens is 314 g/mol. The van der Waals surface area contributed by atoms with Crippen molar-refractivity contribution in [2.75, 3.05) is 13.2 Å².